The molecule has 1 aliphatic carbocycles. The number of hydrogen-bond acceptors (Lipinski definition) is 3. The Morgan fingerprint density at radius 2 is 1.86 bits per heavy atom. The van der Waals surface area contributed by atoms with Crippen LogP contribution in [-0.4, -0.2) is 31.5 Å². The van der Waals surface area contributed by atoms with Crippen LogP contribution in [-0.2, 0) is 9.84 Å². The lowest BCUT2D eigenvalue weighted by Gasteiger charge is -2.38. The van der Waals surface area contributed by atoms with E-state index < -0.39 is 9.84 Å². The molecule has 0 radical (unpaired) electrons. The Bertz CT molecular complexity index is 584. The second-order valence-electron chi connectivity index (χ2n) is 6.96. The van der Waals surface area contributed by atoms with Gasteiger partial charge in [-0.05, 0) is 37.7 Å². The summed E-state index contributed by atoms with van der Waals surface area (Å²) in [5.74, 6) is 1.14. The Balaban J connectivity index is 1.76. The van der Waals surface area contributed by atoms with Gasteiger partial charge in [0, 0.05) is 11.6 Å². The van der Waals surface area contributed by atoms with Crippen LogP contribution in [0.15, 0.2) is 30.3 Å². The quantitative estimate of drug-likeness (QED) is 0.934. The van der Waals surface area contributed by atoms with Crippen molar-refractivity contribution in [2.75, 3.05) is 11.5 Å². The number of nitrogens with one attached hydrogen (secondary N) is 1. The average Bonchev–Trinajstić information content (AvgIpc) is 2.74. The van der Waals surface area contributed by atoms with Crippen molar-refractivity contribution in [1.82, 2.24) is 5.32 Å². The molecule has 4 heteroatoms. The van der Waals surface area contributed by atoms with Gasteiger partial charge in [0.2, 0.25) is 0 Å². The third kappa shape index (κ3) is 3.49. The molecule has 2 aliphatic rings. The van der Waals surface area contributed by atoms with Gasteiger partial charge in [-0.25, -0.2) is 8.42 Å². The molecule has 3 unspecified atom stereocenters. The molecule has 0 amide bonds. The maximum atomic E-state index is 11.8. The molecule has 3 atom stereocenters. The smallest absolute Gasteiger partial charge is 0.152 e. The topological polar surface area (TPSA) is 46.2 Å². The van der Waals surface area contributed by atoms with Crippen LogP contribution in [0.5, 0.6) is 0 Å². The van der Waals surface area contributed by atoms with Crippen molar-refractivity contribution in [3.63, 3.8) is 0 Å². The van der Waals surface area contributed by atoms with Crippen molar-refractivity contribution < 1.29 is 8.42 Å². The third-order valence-corrected chi connectivity index (χ3v) is 6.93. The summed E-state index contributed by atoms with van der Waals surface area (Å²) in [7, 11) is -2.85. The first-order valence-corrected chi connectivity index (χ1v) is 9.83. The van der Waals surface area contributed by atoms with Gasteiger partial charge in [-0.2, -0.15) is 0 Å². The minimum absolute atomic E-state index is 0.242. The number of benzene rings is 1. The lowest BCUT2D eigenvalue weighted by Crippen LogP contribution is -2.52. The van der Waals surface area contributed by atoms with Gasteiger partial charge in [-0.15, -0.1) is 0 Å². The highest BCUT2D eigenvalue weighted by molar-refractivity contribution is 7.91. The maximum absolute atomic E-state index is 11.8. The molecule has 1 aromatic carbocycles. The van der Waals surface area contributed by atoms with Crippen LogP contribution in [0.4, 0.5) is 0 Å². The summed E-state index contributed by atoms with van der Waals surface area (Å²) in [6.45, 7) is 2.08. The van der Waals surface area contributed by atoms with Gasteiger partial charge in [0.05, 0.1) is 11.5 Å². The van der Waals surface area contributed by atoms with Gasteiger partial charge < -0.3 is 5.32 Å². The lowest BCUT2D eigenvalue weighted by molar-refractivity contribution is 0.256. The van der Waals surface area contributed by atoms with Crippen LogP contribution in [0, 0.1) is 0 Å². The Morgan fingerprint density at radius 1 is 1.14 bits per heavy atom. The van der Waals surface area contributed by atoms with Crippen molar-refractivity contribution in [1.29, 1.82) is 0 Å². The van der Waals surface area contributed by atoms with E-state index in [0.717, 1.165) is 12.8 Å². The number of rotatable bonds is 3. The molecule has 21 heavy (non-hydrogen) atoms. The molecule has 2 fully saturated rings. The molecular formula is C17H25NO2S. The second kappa shape index (κ2) is 5.73. The molecule has 116 valence electrons. The largest absolute Gasteiger partial charge is 0.307 e. The van der Waals surface area contributed by atoms with Gasteiger partial charge >= 0.3 is 0 Å². The fourth-order valence-electron chi connectivity index (χ4n) is 3.97. The van der Waals surface area contributed by atoms with Crippen molar-refractivity contribution in [2.24, 2.45) is 0 Å². The SMILES string of the molecule is CC1(NC2CCCCC2c2ccccc2)CCS(=O)(=O)C1. The van der Waals surface area contributed by atoms with E-state index >= 15 is 0 Å². The number of hydrogen-bond donors (Lipinski definition) is 1. The van der Waals surface area contributed by atoms with Crippen LogP contribution >= 0.6 is 0 Å². The first-order valence-electron chi connectivity index (χ1n) is 8.01. The zero-order valence-electron chi connectivity index (χ0n) is 12.7. The van der Waals surface area contributed by atoms with Gasteiger partial charge in [0.25, 0.3) is 0 Å². The Morgan fingerprint density at radius 3 is 2.52 bits per heavy atom. The summed E-state index contributed by atoms with van der Waals surface area (Å²) in [4.78, 5) is 0. The van der Waals surface area contributed by atoms with E-state index in [4.69, 9.17) is 0 Å². The fraction of sp³-hybridized carbons (Fsp3) is 0.647. The Hall–Kier alpha value is -0.870. The minimum atomic E-state index is -2.85. The molecule has 1 saturated carbocycles. The third-order valence-electron chi connectivity index (χ3n) is 5.03. The van der Waals surface area contributed by atoms with E-state index in [1.54, 1.807) is 0 Å². The van der Waals surface area contributed by atoms with Gasteiger partial charge in [-0.1, -0.05) is 43.2 Å². The van der Waals surface area contributed by atoms with E-state index in [0.29, 0.717) is 17.7 Å². The normalized spacial score (nSPS) is 35.7. The van der Waals surface area contributed by atoms with Crippen molar-refractivity contribution in [3.05, 3.63) is 35.9 Å². The second-order valence-corrected chi connectivity index (χ2v) is 9.14. The predicted octanol–water partition coefficient (Wildman–Crippen LogP) is 2.88. The van der Waals surface area contributed by atoms with E-state index in [-0.39, 0.29) is 11.3 Å². The summed E-state index contributed by atoms with van der Waals surface area (Å²) >= 11 is 0. The van der Waals surface area contributed by atoms with E-state index in [2.05, 4.69) is 42.6 Å². The molecule has 1 heterocycles. The maximum Gasteiger partial charge on any atom is 0.152 e. The summed E-state index contributed by atoms with van der Waals surface area (Å²) < 4.78 is 23.6. The van der Waals surface area contributed by atoms with Crippen molar-refractivity contribution >= 4 is 9.84 Å². The van der Waals surface area contributed by atoms with Crippen LogP contribution in [0.1, 0.15) is 50.5 Å². The monoisotopic (exact) mass is 307 g/mol. The molecule has 1 aromatic rings. The minimum Gasteiger partial charge on any atom is -0.307 e. The molecule has 0 spiro atoms. The first-order chi connectivity index (χ1) is 9.98. The first kappa shape index (κ1) is 15.0. The van der Waals surface area contributed by atoms with E-state index in [9.17, 15) is 8.42 Å². The lowest BCUT2D eigenvalue weighted by atomic mass is 9.79. The standard InChI is InChI=1S/C17H25NO2S/c1-17(11-12-21(19,20)13-17)18-16-10-6-5-9-15(16)14-7-3-2-4-8-14/h2-4,7-8,15-16,18H,5-6,9-13H2,1H3. The highest BCUT2D eigenvalue weighted by Crippen LogP contribution is 2.35. The summed E-state index contributed by atoms with van der Waals surface area (Å²) in [6.07, 6.45) is 5.60. The fourth-order valence-corrected chi connectivity index (χ4v) is 6.08. The summed E-state index contributed by atoms with van der Waals surface area (Å²) in [6, 6.07) is 11.1. The van der Waals surface area contributed by atoms with Crippen LogP contribution < -0.4 is 5.32 Å². The summed E-state index contributed by atoms with van der Waals surface area (Å²) in [5.41, 5.74) is 1.15. The molecule has 0 aromatic heterocycles. The number of sulfone groups is 1. The molecule has 1 N–H and O–H groups in total. The van der Waals surface area contributed by atoms with Crippen LogP contribution in [0.3, 0.4) is 0 Å². The van der Waals surface area contributed by atoms with E-state index in [1.807, 2.05) is 0 Å². The zero-order chi connectivity index (χ0) is 14.9. The van der Waals surface area contributed by atoms with Crippen molar-refractivity contribution in [2.45, 2.75) is 56.5 Å². The molecular weight excluding hydrogens is 282 g/mol. The van der Waals surface area contributed by atoms with Crippen molar-refractivity contribution in [3.8, 4) is 0 Å². The summed E-state index contributed by atoms with van der Waals surface area (Å²) in [5, 5.41) is 3.72. The van der Waals surface area contributed by atoms with Crippen LogP contribution in [0.25, 0.3) is 0 Å². The van der Waals surface area contributed by atoms with E-state index in [1.165, 1.54) is 24.8 Å². The Kier molecular flexibility index (Phi) is 4.10. The molecule has 3 rings (SSSR count). The van der Waals surface area contributed by atoms with Gasteiger partial charge in [0.15, 0.2) is 9.84 Å². The average molecular weight is 307 g/mol. The Labute approximate surface area is 128 Å². The van der Waals surface area contributed by atoms with Crippen LogP contribution in [0.2, 0.25) is 0 Å². The molecule has 1 aliphatic heterocycles. The van der Waals surface area contributed by atoms with Gasteiger partial charge in [0.1, 0.15) is 0 Å². The predicted molar refractivity (Wildman–Crippen MR) is 86.3 cm³/mol. The highest BCUT2D eigenvalue weighted by atomic mass is 32.2. The highest BCUT2D eigenvalue weighted by Gasteiger charge is 2.41. The molecule has 1 saturated heterocycles. The van der Waals surface area contributed by atoms with Gasteiger partial charge in [-0.3, -0.25) is 0 Å². The zero-order valence-corrected chi connectivity index (χ0v) is 13.5. The molecule has 0 bridgehead atoms. The molecule has 3 nitrogen and oxygen atoms in total.